The summed E-state index contributed by atoms with van der Waals surface area (Å²) in [6.45, 7) is 2.58. The van der Waals surface area contributed by atoms with Crippen molar-refractivity contribution in [1.82, 2.24) is 0 Å². The number of halogens is 1. The molecule has 16 heavy (non-hydrogen) atoms. The van der Waals surface area contributed by atoms with Gasteiger partial charge in [0.25, 0.3) is 0 Å². The number of rotatable bonds is 6. The molecule has 0 saturated carbocycles. The minimum Gasteiger partial charge on any atom is -0.330 e. The van der Waals surface area contributed by atoms with Crippen LogP contribution in [0.1, 0.15) is 25.3 Å². The summed E-state index contributed by atoms with van der Waals surface area (Å²) in [5.74, 6) is 0.168. The average molecular weight is 223 g/mol. The predicted octanol–water partition coefficient (Wildman–Crippen LogP) is 2.31. The van der Waals surface area contributed by atoms with Gasteiger partial charge < -0.3 is 5.73 Å². The van der Waals surface area contributed by atoms with Gasteiger partial charge >= 0.3 is 0 Å². The maximum Gasteiger partial charge on any atom is 0.137 e. The highest BCUT2D eigenvalue weighted by atomic mass is 19.1. The van der Waals surface area contributed by atoms with Crippen LogP contribution in [0.25, 0.3) is 0 Å². The molecule has 2 N–H and O–H groups in total. The molecule has 0 aliphatic carbocycles. The van der Waals surface area contributed by atoms with Crippen LogP contribution >= 0.6 is 0 Å². The molecule has 0 fully saturated rings. The van der Waals surface area contributed by atoms with Crippen LogP contribution in [0, 0.1) is 11.7 Å². The van der Waals surface area contributed by atoms with E-state index in [1.165, 1.54) is 12.1 Å². The molecule has 1 rings (SSSR count). The summed E-state index contributed by atoms with van der Waals surface area (Å²) in [6.07, 6.45) is 1.81. The molecule has 0 aromatic heterocycles. The highest BCUT2D eigenvalue weighted by molar-refractivity contribution is 5.81. The second-order valence-electron chi connectivity index (χ2n) is 4.06. The van der Waals surface area contributed by atoms with Crippen molar-refractivity contribution in [2.24, 2.45) is 11.7 Å². The van der Waals surface area contributed by atoms with Crippen molar-refractivity contribution < 1.29 is 9.18 Å². The van der Waals surface area contributed by atoms with Crippen LogP contribution in [0.4, 0.5) is 4.39 Å². The van der Waals surface area contributed by atoms with Crippen molar-refractivity contribution in [3.63, 3.8) is 0 Å². The van der Waals surface area contributed by atoms with Gasteiger partial charge in [-0.05, 0) is 30.2 Å². The molecule has 0 saturated heterocycles. The Hall–Kier alpha value is -1.22. The lowest BCUT2D eigenvalue weighted by molar-refractivity contribution is -0.119. The van der Waals surface area contributed by atoms with E-state index >= 15 is 0 Å². The van der Waals surface area contributed by atoms with Crippen molar-refractivity contribution in [2.45, 2.75) is 26.2 Å². The number of carbonyl (C=O) groups is 1. The maximum atomic E-state index is 12.6. The van der Waals surface area contributed by atoms with E-state index in [1.807, 2.05) is 6.92 Å². The fourth-order valence-corrected chi connectivity index (χ4v) is 1.62. The zero-order valence-electron chi connectivity index (χ0n) is 9.58. The Bertz CT molecular complexity index is 330. The lowest BCUT2D eigenvalue weighted by Gasteiger charge is -2.10. The molecule has 0 spiro atoms. The van der Waals surface area contributed by atoms with Crippen LogP contribution < -0.4 is 5.73 Å². The Morgan fingerprint density at radius 2 is 2.00 bits per heavy atom. The summed E-state index contributed by atoms with van der Waals surface area (Å²) >= 11 is 0. The first-order chi connectivity index (χ1) is 7.65. The first-order valence-corrected chi connectivity index (χ1v) is 5.62. The molecule has 0 bridgehead atoms. The summed E-state index contributed by atoms with van der Waals surface area (Å²) in [4.78, 5) is 11.7. The third kappa shape index (κ3) is 4.11. The molecular weight excluding hydrogens is 205 g/mol. The van der Waals surface area contributed by atoms with E-state index in [2.05, 4.69) is 0 Å². The molecule has 88 valence electrons. The van der Waals surface area contributed by atoms with Gasteiger partial charge in [0.15, 0.2) is 0 Å². The smallest absolute Gasteiger partial charge is 0.137 e. The topological polar surface area (TPSA) is 43.1 Å². The number of hydrogen-bond donors (Lipinski definition) is 1. The van der Waals surface area contributed by atoms with Crippen molar-refractivity contribution in [1.29, 1.82) is 0 Å². The number of carbonyl (C=O) groups excluding carboxylic acids is 1. The molecule has 1 atom stereocenters. The van der Waals surface area contributed by atoms with Gasteiger partial charge in [-0.15, -0.1) is 0 Å². The predicted molar refractivity (Wildman–Crippen MR) is 62.6 cm³/mol. The molecule has 0 aliphatic heterocycles. The monoisotopic (exact) mass is 223 g/mol. The molecule has 0 aliphatic rings. The summed E-state index contributed by atoms with van der Waals surface area (Å²) in [7, 11) is 0. The molecule has 1 unspecified atom stereocenters. The molecular formula is C13H18FNO. The number of ketones is 1. The number of benzene rings is 1. The van der Waals surface area contributed by atoms with Gasteiger partial charge in [-0.25, -0.2) is 4.39 Å². The lowest BCUT2D eigenvalue weighted by atomic mass is 9.96. The van der Waals surface area contributed by atoms with E-state index in [0.717, 1.165) is 12.0 Å². The molecule has 3 heteroatoms. The van der Waals surface area contributed by atoms with E-state index in [-0.39, 0.29) is 17.5 Å². The Kier molecular flexibility index (Phi) is 5.12. The number of nitrogens with two attached hydrogens (primary N) is 1. The van der Waals surface area contributed by atoms with Gasteiger partial charge in [0.1, 0.15) is 11.6 Å². The quantitative estimate of drug-likeness (QED) is 0.804. The minimum atomic E-state index is -0.274. The Morgan fingerprint density at radius 3 is 2.50 bits per heavy atom. The van der Waals surface area contributed by atoms with Gasteiger partial charge in [-0.1, -0.05) is 25.5 Å². The van der Waals surface area contributed by atoms with Crippen LogP contribution in [-0.4, -0.2) is 12.3 Å². The second-order valence-corrected chi connectivity index (χ2v) is 4.06. The SMILES string of the molecule is CCC(CN)CC(=O)Cc1ccc(F)cc1. The zero-order valence-corrected chi connectivity index (χ0v) is 9.58. The Labute approximate surface area is 95.7 Å². The van der Waals surface area contributed by atoms with E-state index in [9.17, 15) is 9.18 Å². The molecule has 1 aromatic rings. The minimum absolute atomic E-state index is 0.170. The average Bonchev–Trinajstić information content (AvgIpc) is 2.29. The van der Waals surface area contributed by atoms with Gasteiger partial charge in [0, 0.05) is 12.8 Å². The zero-order chi connectivity index (χ0) is 12.0. The van der Waals surface area contributed by atoms with Gasteiger partial charge in [-0.2, -0.15) is 0 Å². The number of Topliss-reactive ketones (excluding diaryl/α,β-unsaturated/α-hetero) is 1. The van der Waals surface area contributed by atoms with Crippen LogP contribution in [-0.2, 0) is 11.2 Å². The van der Waals surface area contributed by atoms with Crippen LogP contribution in [0.5, 0.6) is 0 Å². The third-order valence-electron chi connectivity index (χ3n) is 2.74. The molecule has 1 aromatic carbocycles. The lowest BCUT2D eigenvalue weighted by Crippen LogP contribution is -2.18. The fraction of sp³-hybridized carbons (Fsp3) is 0.462. The summed E-state index contributed by atoms with van der Waals surface area (Å²) in [6, 6.07) is 6.05. The van der Waals surface area contributed by atoms with Crippen molar-refractivity contribution in [3.05, 3.63) is 35.6 Å². The van der Waals surface area contributed by atoms with Crippen LogP contribution in [0.15, 0.2) is 24.3 Å². The van der Waals surface area contributed by atoms with E-state index in [1.54, 1.807) is 12.1 Å². The van der Waals surface area contributed by atoms with Gasteiger partial charge in [-0.3, -0.25) is 4.79 Å². The van der Waals surface area contributed by atoms with E-state index < -0.39 is 0 Å². The summed E-state index contributed by atoms with van der Waals surface area (Å²) < 4.78 is 12.6. The summed E-state index contributed by atoms with van der Waals surface area (Å²) in [5.41, 5.74) is 6.40. The van der Waals surface area contributed by atoms with Crippen LogP contribution in [0.2, 0.25) is 0 Å². The normalized spacial score (nSPS) is 12.4. The Morgan fingerprint density at radius 1 is 1.38 bits per heavy atom. The highest BCUT2D eigenvalue weighted by Crippen LogP contribution is 2.10. The van der Waals surface area contributed by atoms with Gasteiger partial charge in [0.05, 0.1) is 0 Å². The molecule has 0 radical (unpaired) electrons. The van der Waals surface area contributed by atoms with Crippen molar-refractivity contribution in [3.8, 4) is 0 Å². The molecule has 2 nitrogen and oxygen atoms in total. The van der Waals surface area contributed by atoms with Crippen LogP contribution in [0.3, 0.4) is 0 Å². The second kappa shape index (κ2) is 6.38. The third-order valence-corrected chi connectivity index (χ3v) is 2.74. The number of hydrogen-bond acceptors (Lipinski definition) is 2. The molecule has 0 amide bonds. The fourth-order valence-electron chi connectivity index (χ4n) is 1.62. The Balaban J connectivity index is 2.48. The maximum absolute atomic E-state index is 12.6. The first kappa shape index (κ1) is 12.8. The highest BCUT2D eigenvalue weighted by Gasteiger charge is 2.10. The summed E-state index contributed by atoms with van der Waals surface area (Å²) in [5, 5.41) is 0. The molecule has 0 heterocycles. The standard InChI is InChI=1S/C13H18FNO/c1-2-10(9-15)7-13(16)8-11-3-5-12(14)6-4-11/h3-6,10H,2,7-9,15H2,1H3. The van der Waals surface area contributed by atoms with Crippen molar-refractivity contribution in [2.75, 3.05) is 6.54 Å². The van der Waals surface area contributed by atoms with E-state index in [4.69, 9.17) is 5.73 Å². The first-order valence-electron chi connectivity index (χ1n) is 5.62. The van der Waals surface area contributed by atoms with E-state index in [0.29, 0.717) is 19.4 Å². The van der Waals surface area contributed by atoms with Gasteiger partial charge in [0.2, 0.25) is 0 Å². The van der Waals surface area contributed by atoms with Crippen molar-refractivity contribution >= 4 is 5.78 Å². The largest absolute Gasteiger partial charge is 0.330 e.